The summed E-state index contributed by atoms with van der Waals surface area (Å²) in [5.41, 5.74) is 1.74. The third kappa shape index (κ3) is 1.77. The van der Waals surface area contributed by atoms with Crippen LogP contribution in [0.1, 0.15) is 40.0 Å². The van der Waals surface area contributed by atoms with Gasteiger partial charge in [0.15, 0.2) is 0 Å². The van der Waals surface area contributed by atoms with Crippen molar-refractivity contribution >= 4 is 5.91 Å². The van der Waals surface area contributed by atoms with Crippen LogP contribution in [0.4, 0.5) is 0 Å². The van der Waals surface area contributed by atoms with Crippen LogP contribution in [0.15, 0.2) is 23.4 Å². The van der Waals surface area contributed by atoms with Crippen LogP contribution in [-0.2, 0) is 4.79 Å². The maximum absolute atomic E-state index is 12.3. The van der Waals surface area contributed by atoms with Gasteiger partial charge in [0, 0.05) is 11.7 Å². The average Bonchev–Trinajstić information content (AvgIpc) is 2.55. The summed E-state index contributed by atoms with van der Waals surface area (Å²) < 4.78 is 0. The predicted octanol–water partition coefficient (Wildman–Crippen LogP) is 3.01. The van der Waals surface area contributed by atoms with Crippen molar-refractivity contribution in [3.8, 4) is 6.07 Å². The van der Waals surface area contributed by atoms with Crippen LogP contribution in [0.25, 0.3) is 0 Å². The molecule has 0 aromatic heterocycles. The Labute approximate surface area is 109 Å². The van der Waals surface area contributed by atoms with Crippen molar-refractivity contribution in [1.29, 1.82) is 5.26 Å². The van der Waals surface area contributed by atoms with Gasteiger partial charge in [0.1, 0.15) is 11.6 Å². The maximum Gasteiger partial charge on any atom is 0.269 e. The molecule has 0 spiro atoms. The van der Waals surface area contributed by atoms with E-state index in [1.165, 1.54) is 6.42 Å². The largest absolute Gasteiger partial charge is 0.305 e. The van der Waals surface area contributed by atoms with E-state index in [9.17, 15) is 4.79 Å². The Morgan fingerprint density at radius 2 is 2.06 bits per heavy atom. The summed E-state index contributed by atoms with van der Waals surface area (Å²) in [6.07, 6.45) is 3.39. The van der Waals surface area contributed by atoms with E-state index < -0.39 is 0 Å². The van der Waals surface area contributed by atoms with E-state index in [1.54, 1.807) is 4.90 Å². The topological polar surface area (TPSA) is 44.1 Å². The molecular weight excluding hydrogens is 224 g/mol. The van der Waals surface area contributed by atoms with Crippen LogP contribution in [0, 0.1) is 23.2 Å². The van der Waals surface area contributed by atoms with Crippen molar-refractivity contribution in [1.82, 2.24) is 4.90 Å². The lowest BCUT2D eigenvalue weighted by atomic mass is 9.77. The number of nitriles is 1. The Bertz CT molecular complexity index is 469. The molecule has 1 aliphatic carbocycles. The van der Waals surface area contributed by atoms with Gasteiger partial charge in [0.2, 0.25) is 0 Å². The Morgan fingerprint density at radius 3 is 2.61 bits per heavy atom. The number of hydrogen-bond acceptors (Lipinski definition) is 2. The Kier molecular flexibility index (Phi) is 3.30. The van der Waals surface area contributed by atoms with Gasteiger partial charge in [0.05, 0.1) is 0 Å². The van der Waals surface area contributed by atoms with Gasteiger partial charge in [-0.05, 0) is 30.8 Å². The van der Waals surface area contributed by atoms with Crippen LogP contribution in [0.2, 0.25) is 0 Å². The van der Waals surface area contributed by atoms with Gasteiger partial charge in [-0.2, -0.15) is 5.26 Å². The lowest BCUT2D eigenvalue weighted by molar-refractivity contribution is -0.127. The first-order chi connectivity index (χ1) is 8.49. The van der Waals surface area contributed by atoms with Gasteiger partial charge >= 0.3 is 0 Å². The normalized spacial score (nSPS) is 33.0. The molecule has 1 amide bonds. The van der Waals surface area contributed by atoms with Gasteiger partial charge in [-0.25, -0.2) is 0 Å². The number of hydrogen-bond donors (Lipinski definition) is 0. The number of allylic oxidation sites excluding steroid dienone is 1. The molecular formula is C15H20N2O. The number of amides is 1. The zero-order valence-electron chi connectivity index (χ0n) is 11.4. The predicted molar refractivity (Wildman–Crippen MR) is 70.3 cm³/mol. The molecule has 3 atom stereocenters. The molecule has 18 heavy (non-hydrogen) atoms. The number of carbonyl (C=O) groups is 1. The lowest BCUT2D eigenvalue weighted by Gasteiger charge is -2.40. The monoisotopic (exact) mass is 244 g/mol. The first-order valence-corrected chi connectivity index (χ1v) is 6.62. The SMILES string of the molecule is C=C1C(C)=C(C#N)C(=O)N1C1CCCC(C)C1C. The second-order valence-corrected chi connectivity index (χ2v) is 5.57. The molecule has 0 bridgehead atoms. The van der Waals surface area contributed by atoms with Gasteiger partial charge in [-0.3, -0.25) is 4.79 Å². The van der Waals surface area contributed by atoms with Crippen molar-refractivity contribution in [3.63, 3.8) is 0 Å². The van der Waals surface area contributed by atoms with Crippen molar-refractivity contribution in [2.75, 3.05) is 0 Å². The van der Waals surface area contributed by atoms with Gasteiger partial charge in [0.25, 0.3) is 5.91 Å². The zero-order valence-corrected chi connectivity index (χ0v) is 11.4. The van der Waals surface area contributed by atoms with Crippen LogP contribution < -0.4 is 0 Å². The van der Waals surface area contributed by atoms with Gasteiger partial charge < -0.3 is 4.90 Å². The van der Waals surface area contributed by atoms with Crippen LogP contribution in [0.3, 0.4) is 0 Å². The Morgan fingerprint density at radius 1 is 1.39 bits per heavy atom. The highest BCUT2D eigenvalue weighted by Gasteiger charge is 2.40. The van der Waals surface area contributed by atoms with Crippen LogP contribution >= 0.6 is 0 Å². The third-order valence-electron chi connectivity index (χ3n) is 4.64. The molecule has 1 aliphatic heterocycles. The molecule has 0 saturated heterocycles. The molecule has 96 valence electrons. The molecule has 2 rings (SSSR count). The maximum atomic E-state index is 12.3. The Balaban J connectivity index is 2.29. The highest BCUT2D eigenvalue weighted by Crippen LogP contribution is 2.39. The van der Waals surface area contributed by atoms with E-state index in [0.29, 0.717) is 11.8 Å². The number of carbonyl (C=O) groups excluding carboxylic acids is 1. The van der Waals surface area contributed by atoms with Crippen molar-refractivity contribution in [2.24, 2.45) is 11.8 Å². The quantitative estimate of drug-likeness (QED) is 0.711. The molecule has 3 heteroatoms. The zero-order chi connectivity index (χ0) is 13.4. The minimum atomic E-state index is -0.147. The summed E-state index contributed by atoms with van der Waals surface area (Å²) in [5, 5.41) is 9.06. The number of nitrogens with zero attached hydrogens (tertiary/aromatic N) is 2. The van der Waals surface area contributed by atoms with Crippen molar-refractivity contribution in [3.05, 3.63) is 23.4 Å². The first kappa shape index (κ1) is 12.9. The second kappa shape index (κ2) is 4.61. The molecule has 0 aromatic carbocycles. The van der Waals surface area contributed by atoms with Gasteiger partial charge in [-0.1, -0.05) is 33.3 Å². The molecule has 3 nitrogen and oxygen atoms in total. The third-order valence-corrected chi connectivity index (χ3v) is 4.64. The second-order valence-electron chi connectivity index (χ2n) is 5.57. The van der Waals surface area contributed by atoms with E-state index in [0.717, 1.165) is 24.1 Å². The van der Waals surface area contributed by atoms with E-state index >= 15 is 0 Å². The number of rotatable bonds is 1. The molecule has 2 aliphatic rings. The highest BCUT2D eigenvalue weighted by molar-refractivity contribution is 6.03. The molecule has 3 unspecified atom stereocenters. The molecule has 1 heterocycles. The lowest BCUT2D eigenvalue weighted by Crippen LogP contribution is -2.44. The summed E-state index contributed by atoms with van der Waals surface area (Å²) in [6, 6.07) is 2.22. The fraction of sp³-hybridized carbons (Fsp3) is 0.600. The minimum Gasteiger partial charge on any atom is -0.305 e. The summed E-state index contributed by atoms with van der Waals surface area (Å²) in [4.78, 5) is 14.1. The molecule has 0 aromatic rings. The van der Waals surface area contributed by atoms with E-state index in [2.05, 4.69) is 20.4 Å². The summed E-state index contributed by atoms with van der Waals surface area (Å²) in [6.45, 7) is 10.3. The standard InChI is InChI=1S/C15H20N2O/c1-9-6-5-7-14(10(9)2)17-12(4)11(3)13(8-16)15(17)18/h9-10,14H,4-7H2,1-3H3. The van der Waals surface area contributed by atoms with Crippen molar-refractivity contribution < 1.29 is 4.79 Å². The summed E-state index contributed by atoms with van der Waals surface area (Å²) in [5.74, 6) is 0.937. The average molecular weight is 244 g/mol. The van der Waals surface area contributed by atoms with Crippen molar-refractivity contribution in [2.45, 2.75) is 46.1 Å². The first-order valence-electron chi connectivity index (χ1n) is 6.62. The Hall–Kier alpha value is -1.56. The molecule has 1 saturated carbocycles. The summed E-state index contributed by atoms with van der Waals surface area (Å²) in [7, 11) is 0. The molecule has 0 radical (unpaired) electrons. The fourth-order valence-corrected chi connectivity index (χ4v) is 3.13. The van der Waals surface area contributed by atoms with Crippen LogP contribution in [0.5, 0.6) is 0 Å². The summed E-state index contributed by atoms with van der Waals surface area (Å²) >= 11 is 0. The van der Waals surface area contributed by atoms with Crippen LogP contribution in [-0.4, -0.2) is 16.8 Å². The molecule has 0 N–H and O–H groups in total. The van der Waals surface area contributed by atoms with Gasteiger partial charge in [-0.15, -0.1) is 0 Å². The highest BCUT2D eigenvalue weighted by atomic mass is 16.2. The van der Waals surface area contributed by atoms with E-state index in [-0.39, 0.29) is 17.5 Å². The smallest absolute Gasteiger partial charge is 0.269 e. The molecule has 1 fully saturated rings. The minimum absolute atomic E-state index is 0.147. The van der Waals surface area contributed by atoms with E-state index in [1.807, 2.05) is 13.0 Å². The van der Waals surface area contributed by atoms with E-state index in [4.69, 9.17) is 5.26 Å². The fourth-order valence-electron chi connectivity index (χ4n) is 3.13.